The van der Waals surface area contributed by atoms with Crippen LogP contribution in [0.15, 0.2) is 35.1 Å². The fourth-order valence-corrected chi connectivity index (χ4v) is 2.34. The lowest BCUT2D eigenvalue weighted by Crippen LogP contribution is -2.07. The van der Waals surface area contributed by atoms with E-state index in [1.165, 1.54) is 11.3 Å². The zero-order valence-electron chi connectivity index (χ0n) is 8.41. The van der Waals surface area contributed by atoms with E-state index in [1.807, 2.05) is 37.4 Å². The highest BCUT2D eigenvalue weighted by Gasteiger charge is 2.08. The molecule has 0 saturated heterocycles. The first kappa shape index (κ1) is 10.1. The number of thiazole rings is 1. The molecule has 0 radical (unpaired) electrons. The summed E-state index contributed by atoms with van der Waals surface area (Å²) >= 11 is 1.26. The van der Waals surface area contributed by atoms with E-state index in [4.69, 9.17) is 0 Å². The van der Waals surface area contributed by atoms with Crippen LogP contribution in [0.1, 0.15) is 5.69 Å². The molecule has 0 aliphatic carbocycles. The maximum Gasteiger partial charge on any atom is 0.305 e. The van der Waals surface area contributed by atoms with Crippen molar-refractivity contribution in [3.63, 3.8) is 0 Å². The van der Waals surface area contributed by atoms with Crippen LogP contribution in [0.3, 0.4) is 0 Å². The summed E-state index contributed by atoms with van der Waals surface area (Å²) in [6, 6.07) is 9.94. The standard InChI is InChI=1S/C11H12N2OS/c1-12-7-9-10(15-11(14)13-9)8-5-3-2-4-6-8/h2-6,12H,7H2,1H3,(H,13,14). The summed E-state index contributed by atoms with van der Waals surface area (Å²) in [5.41, 5.74) is 2.05. The summed E-state index contributed by atoms with van der Waals surface area (Å²) in [7, 11) is 1.87. The molecule has 0 unspecified atom stereocenters. The van der Waals surface area contributed by atoms with Gasteiger partial charge in [-0.25, -0.2) is 0 Å². The van der Waals surface area contributed by atoms with E-state index in [0.29, 0.717) is 6.54 Å². The third-order valence-corrected chi connectivity index (χ3v) is 3.09. The van der Waals surface area contributed by atoms with Crippen molar-refractivity contribution in [1.29, 1.82) is 0 Å². The van der Waals surface area contributed by atoms with Crippen LogP contribution in [0.4, 0.5) is 0 Å². The van der Waals surface area contributed by atoms with Crippen LogP contribution in [0.2, 0.25) is 0 Å². The van der Waals surface area contributed by atoms with Crippen LogP contribution in [-0.4, -0.2) is 12.0 Å². The molecule has 15 heavy (non-hydrogen) atoms. The number of aromatic amines is 1. The molecule has 0 saturated carbocycles. The van der Waals surface area contributed by atoms with Gasteiger partial charge in [0.25, 0.3) is 0 Å². The Kier molecular flexibility index (Phi) is 2.99. The Bertz CT molecular complexity index is 487. The van der Waals surface area contributed by atoms with Crippen molar-refractivity contribution in [3.05, 3.63) is 45.7 Å². The monoisotopic (exact) mass is 220 g/mol. The van der Waals surface area contributed by atoms with Crippen molar-refractivity contribution < 1.29 is 0 Å². The molecule has 78 valence electrons. The molecular weight excluding hydrogens is 208 g/mol. The van der Waals surface area contributed by atoms with Crippen molar-refractivity contribution in [2.45, 2.75) is 6.54 Å². The van der Waals surface area contributed by atoms with Gasteiger partial charge in [0, 0.05) is 6.54 Å². The van der Waals surface area contributed by atoms with Gasteiger partial charge < -0.3 is 10.3 Å². The van der Waals surface area contributed by atoms with Crippen LogP contribution in [-0.2, 0) is 6.54 Å². The molecule has 0 aliphatic rings. The van der Waals surface area contributed by atoms with Crippen LogP contribution in [0, 0.1) is 0 Å². The van der Waals surface area contributed by atoms with Gasteiger partial charge in [-0.3, -0.25) is 4.79 Å². The molecule has 2 rings (SSSR count). The number of benzene rings is 1. The highest BCUT2D eigenvalue weighted by atomic mass is 32.1. The predicted octanol–water partition coefficient (Wildman–Crippen LogP) is 1.82. The van der Waals surface area contributed by atoms with E-state index in [1.54, 1.807) is 0 Å². The van der Waals surface area contributed by atoms with Crippen molar-refractivity contribution in [3.8, 4) is 10.4 Å². The maximum absolute atomic E-state index is 11.3. The lowest BCUT2D eigenvalue weighted by molar-refractivity contribution is 0.796. The Morgan fingerprint density at radius 1 is 1.33 bits per heavy atom. The maximum atomic E-state index is 11.3. The highest BCUT2D eigenvalue weighted by Crippen LogP contribution is 2.24. The highest BCUT2D eigenvalue weighted by molar-refractivity contribution is 7.13. The Morgan fingerprint density at radius 3 is 2.73 bits per heavy atom. The molecular formula is C11H12N2OS. The smallest absolute Gasteiger partial charge is 0.305 e. The minimum Gasteiger partial charge on any atom is -0.315 e. The molecule has 4 heteroatoms. The van der Waals surface area contributed by atoms with Crippen LogP contribution in [0.5, 0.6) is 0 Å². The second-order valence-corrected chi connectivity index (χ2v) is 4.20. The summed E-state index contributed by atoms with van der Waals surface area (Å²) in [5.74, 6) is 0. The summed E-state index contributed by atoms with van der Waals surface area (Å²) in [6.45, 7) is 0.683. The van der Waals surface area contributed by atoms with E-state index in [0.717, 1.165) is 16.1 Å². The van der Waals surface area contributed by atoms with E-state index in [-0.39, 0.29) is 4.87 Å². The van der Waals surface area contributed by atoms with Gasteiger partial charge in [-0.05, 0) is 12.6 Å². The fraction of sp³-hybridized carbons (Fsp3) is 0.182. The average molecular weight is 220 g/mol. The number of hydrogen-bond donors (Lipinski definition) is 2. The Labute approximate surface area is 91.8 Å². The number of nitrogens with one attached hydrogen (secondary N) is 2. The van der Waals surface area contributed by atoms with Crippen molar-refractivity contribution in [2.75, 3.05) is 7.05 Å². The van der Waals surface area contributed by atoms with Gasteiger partial charge in [0.1, 0.15) is 0 Å². The lowest BCUT2D eigenvalue weighted by atomic mass is 10.1. The molecule has 1 heterocycles. The van der Waals surface area contributed by atoms with Crippen LogP contribution >= 0.6 is 11.3 Å². The molecule has 2 aromatic rings. The summed E-state index contributed by atoms with van der Waals surface area (Å²) < 4.78 is 0. The van der Waals surface area contributed by atoms with E-state index in [2.05, 4.69) is 10.3 Å². The van der Waals surface area contributed by atoms with Gasteiger partial charge in [0.2, 0.25) is 0 Å². The lowest BCUT2D eigenvalue weighted by Gasteiger charge is -2.01. The van der Waals surface area contributed by atoms with E-state index < -0.39 is 0 Å². The largest absolute Gasteiger partial charge is 0.315 e. The first-order chi connectivity index (χ1) is 7.31. The van der Waals surface area contributed by atoms with Crippen molar-refractivity contribution in [1.82, 2.24) is 10.3 Å². The van der Waals surface area contributed by atoms with Crippen LogP contribution < -0.4 is 10.2 Å². The fourth-order valence-electron chi connectivity index (χ4n) is 1.48. The number of aromatic nitrogens is 1. The van der Waals surface area contributed by atoms with Gasteiger partial charge in [0.05, 0.1) is 10.6 Å². The van der Waals surface area contributed by atoms with Gasteiger partial charge in [0.15, 0.2) is 0 Å². The van der Waals surface area contributed by atoms with Crippen molar-refractivity contribution >= 4 is 11.3 Å². The molecule has 3 nitrogen and oxygen atoms in total. The van der Waals surface area contributed by atoms with E-state index in [9.17, 15) is 4.79 Å². The van der Waals surface area contributed by atoms with Crippen LogP contribution in [0.25, 0.3) is 10.4 Å². The number of H-pyrrole nitrogens is 1. The summed E-state index contributed by atoms with van der Waals surface area (Å²) in [6.07, 6.45) is 0. The molecule has 0 amide bonds. The third-order valence-electron chi connectivity index (χ3n) is 2.11. The van der Waals surface area contributed by atoms with Gasteiger partial charge in [-0.2, -0.15) is 0 Å². The normalized spacial score (nSPS) is 10.5. The Morgan fingerprint density at radius 2 is 2.07 bits per heavy atom. The van der Waals surface area contributed by atoms with Gasteiger partial charge in [-0.1, -0.05) is 41.7 Å². The average Bonchev–Trinajstić information content (AvgIpc) is 2.62. The first-order valence-corrected chi connectivity index (χ1v) is 5.55. The number of rotatable bonds is 3. The summed E-state index contributed by atoms with van der Waals surface area (Å²) in [4.78, 5) is 15.2. The topological polar surface area (TPSA) is 44.9 Å². The molecule has 0 bridgehead atoms. The third kappa shape index (κ3) is 2.16. The summed E-state index contributed by atoms with van der Waals surface area (Å²) in [5, 5.41) is 3.04. The molecule has 0 spiro atoms. The Balaban J connectivity index is 2.48. The SMILES string of the molecule is CNCc1[nH]c(=O)sc1-c1ccccc1. The molecule has 0 fully saturated rings. The molecule has 1 aromatic heterocycles. The molecule has 1 aromatic carbocycles. The second kappa shape index (κ2) is 4.42. The van der Waals surface area contributed by atoms with Gasteiger partial charge in [-0.15, -0.1) is 0 Å². The number of hydrogen-bond acceptors (Lipinski definition) is 3. The minimum atomic E-state index is -0.000830. The predicted molar refractivity (Wildman–Crippen MR) is 63.1 cm³/mol. The first-order valence-electron chi connectivity index (χ1n) is 4.73. The quantitative estimate of drug-likeness (QED) is 0.828. The zero-order valence-corrected chi connectivity index (χ0v) is 9.23. The zero-order chi connectivity index (χ0) is 10.7. The van der Waals surface area contributed by atoms with E-state index >= 15 is 0 Å². The van der Waals surface area contributed by atoms with Crippen molar-refractivity contribution in [2.24, 2.45) is 0 Å². The Hall–Kier alpha value is -1.39. The molecule has 0 aliphatic heterocycles. The molecule has 0 atom stereocenters. The van der Waals surface area contributed by atoms with Gasteiger partial charge >= 0.3 is 4.87 Å². The minimum absolute atomic E-state index is 0.000830. The molecule has 2 N–H and O–H groups in total. The second-order valence-electron chi connectivity index (χ2n) is 3.22.